The first-order chi connectivity index (χ1) is 10.5. The van der Waals surface area contributed by atoms with Crippen molar-refractivity contribution in [2.45, 2.75) is 50.8 Å². The Balaban J connectivity index is 1.70. The van der Waals surface area contributed by atoms with Gasteiger partial charge in [-0.1, -0.05) is 13.0 Å². The molecule has 0 N–H and O–H groups in total. The molecule has 22 heavy (non-hydrogen) atoms. The van der Waals surface area contributed by atoms with Gasteiger partial charge in [0.05, 0.1) is 15.0 Å². The van der Waals surface area contributed by atoms with E-state index in [4.69, 9.17) is 12.6 Å². The summed E-state index contributed by atoms with van der Waals surface area (Å²) in [6.45, 7) is 2.17. The fourth-order valence-corrected chi connectivity index (χ4v) is 5.55. The largest absolute Gasteiger partial charge is 0.497 e. The minimum Gasteiger partial charge on any atom is -0.497 e. The summed E-state index contributed by atoms with van der Waals surface area (Å²) in [6, 6.07) is 6.54. The monoisotopic (exact) mass is 294 g/mol. The van der Waals surface area contributed by atoms with Crippen molar-refractivity contribution in [3.8, 4) is 5.75 Å². The Bertz CT molecular complexity index is 626. The molecule has 2 radical (unpaired) electrons. The molecule has 0 aromatic heterocycles. The van der Waals surface area contributed by atoms with Gasteiger partial charge in [-0.05, 0) is 78.9 Å². The molecule has 0 heterocycles. The average Bonchev–Trinajstić information content (AvgIpc) is 2.77. The topological polar surface area (TPSA) is 26.3 Å². The van der Waals surface area contributed by atoms with Crippen molar-refractivity contribution in [1.82, 2.24) is 0 Å². The van der Waals surface area contributed by atoms with E-state index >= 15 is 0 Å². The minimum absolute atomic E-state index is 0.162. The summed E-state index contributed by atoms with van der Waals surface area (Å²) in [5.74, 6) is 2.74. The smallest absolute Gasteiger partial charge is 0.133 e. The first-order valence-corrected chi connectivity index (χ1v) is 8.51. The molecule has 0 bridgehead atoms. The van der Waals surface area contributed by atoms with Gasteiger partial charge in [0.25, 0.3) is 0 Å². The highest BCUT2D eigenvalue weighted by Crippen LogP contribution is 2.61. The van der Waals surface area contributed by atoms with Crippen LogP contribution in [0.15, 0.2) is 18.2 Å². The normalized spacial score (nSPS) is 39.8. The zero-order chi connectivity index (χ0) is 15.5. The fourth-order valence-electron chi connectivity index (χ4n) is 5.55. The highest BCUT2D eigenvalue weighted by Gasteiger charge is 2.56. The van der Waals surface area contributed by atoms with Crippen molar-refractivity contribution in [2.24, 2.45) is 17.3 Å². The number of ether oxygens (including phenoxy) is 1. The van der Waals surface area contributed by atoms with E-state index in [2.05, 4.69) is 25.1 Å². The number of hydrogen-bond acceptors (Lipinski definition) is 2. The van der Waals surface area contributed by atoms with E-state index in [1.807, 2.05) is 0 Å². The van der Waals surface area contributed by atoms with E-state index in [-0.39, 0.29) is 11.2 Å². The van der Waals surface area contributed by atoms with E-state index in [0.29, 0.717) is 23.5 Å². The second-order valence-electron chi connectivity index (χ2n) is 7.64. The summed E-state index contributed by atoms with van der Waals surface area (Å²) in [5, 5.41) is 0. The van der Waals surface area contributed by atoms with Crippen LogP contribution in [0.5, 0.6) is 5.75 Å². The first-order valence-electron chi connectivity index (χ1n) is 8.51. The number of rotatable bonds is 1. The zero-order valence-electron chi connectivity index (χ0n) is 13.5. The zero-order valence-corrected chi connectivity index (χ0v) is 13.5. The molecular weight excluding hydrogens is 271 g/mol. The van der Waals surface area contributed by atoms with Crippen molar-refractivity contribution in [3.05, 3.63) is 29.3 Å². The first kappa shape index (κ1) is 14.4. The Morgan fingerprint density at radius 3 is 2.91 bits per heavy atom. The van der Waals surface area contributed by atoms with E-state index < -0.39 is 0 Å². The van der Waals surface area contributed by atoms with E-state index in [1.54, 1.807) is 7.11 Å². The maximum absolute atomic E-state index is 12.5. The lowest BCUT2D eigenvalue weighted by atomic mass is 9.55. The van der Waals surface area contributed by atoms with Gasteiger partial charge in [0, 0.05) is 5.41 Å². The molecule has 0 aliphatic heterocycles. The molecule has 114 valence electrons. The predicted octanol–water partition coefficient (Wildman–Crippen LogP) is 3.69. The maximum atomic E-state index is 12.5. The Labute approximate surface area is 134 Å². The van der Waals surface area contributed by atoms with Gasteiger partial charge < -0.3 is 4.74 Å². The van der Waals surface area contributed by atoms with Gasteiger partial charge in [-0.15, -0.1) is 0 Å². The number of Topliss-reactive ketones (excluding diaryl/α,β-unsaturated/α-hetero) is 1. The van der Waals surface area contributed by atoms with Gasteiger partial charge in [-0.25, -0.2) is 0 Å². The fraction of sp³-hybridized carbons (Fsp3) is 0.632. The van der Waals surface area contributed by atoms with Crippen LogP contribution in [0.2, 0.25) is 5.82 Å². The lowest BCUT2D eigenvalue weighted by molar-refractivity contribution is -0.129. The highest BCUT2D eigenvalue weighted by atomic mass is 16.5. The van der Waals surface area contributed by atoms with Gasteiger partial charge in [-0.2, -0.15) is 0 Å². The molecule has 2 nitrogen and oxygen atoms in total. The Hall–Kier alpha value is -1.25. The summed E-state index contributed by atoms with van der Waals surface area (Å²) in [5.41, 5.74) is 2.77. The quantitative estimate of drug-likeness (QED) is 0.738. The number of aryl methyl sites for hydroxylation is 1. The second kappa shape index (κ2) is 4.87. The number of fused-ring (bicyclic) bond motifs is 5. The van der Waals surface area contributed by atoms with Crippen LogP contribution in [0, 0.1) is 17.3 Å². The third kappa shape index (κ3) is 1.84. The third-order valence-corrected chi connectivity index (χ3v) is 6.73. The van der Waals surface area contributed by atoms with Crippen LogP contribution in [0.3, 0.4) is 0 Å². The number of carbonyl (C=O) groups excluding carboxylic acids is 1. The molecule has 0 spiro atoms. The van der Waals surface area contributed by atoms with Crippen LogP contribution in [0.4, 0.5) is 0 Å². The van der Waals surface area contributed by atoms with Crippen LogP contribution in [0.1, 0.15) is 49.7 Å². The van der Waals surface area contributed by atoms with Gasteiger partial charge in [0.1, 0.15) is 11.5 Å². The van der Waals surface area contributed by atoms with Crippen LogP contribution in [-0.2, 0) is 11.2 Å². The summed E-state index contributed by atoms with van der Waals surface area (Å²) >= 11 is 0. The van der Waals surface area contributed by atoms with Crippen molar-refractivity contribution in [2.75, 3.05) is 7.11 Å². The van der Waals surface area contributed by atoms with Crippen molar-refractivity contribution in [3.63, 3.8) is 0 Å². The van der Waals surface area contributed by atoms with Crippen molar-refractivity contribution in [1.29, 1.82) is 0 Å². The Kier molecular flexibility index (Phi) is 3.18. The summed E-state index contributed by atoms with van der Waals surface area (Å²) < 4.78 is 5.37. The second-order valence-corrected chi connectivity index (χ2v) is 7.64. The predicted molar refractivity (Wildman–Crippen MR) is 87.5 cm³/mol. The molecule has 3 aliphatic rings. The molecule has 4 rings (SSSR count). The molecule has 1 aromatic rings. The Morgan fingerprint density at radius 2 is 2.14 bits per heavy atom. The number of carbonyl (C=O) groups is 1. The molecular formula is C19H23BO2. The summed E-state index contributed by atoms with van der Waals surface area (Å²) in [4.78, 5) is 12.5. The van der Waals surface area contributed by atoms with Crippen LogP contribution in [0.25, 0.3) is 0 Å². The van der Waals surface area contributed by atoms with Crippen LogP contribution < -0.4 is 4.74 Å². The number of benzene rings is 1. The molecule has 4 unspecified atom stereocenters. The van der Waals surface area contributed by atoms with Crippen LogP contribution >= 0.6 is 0 Å². The van der Waals surface area contributed by atoms with Crippen molar-refractivity contribution < 1.29 is 9.53 Å². The lowest BCUT2D eigenvalue weighted by Gasteiger charge is -2.48. The molecule has 1 aromatic carbocycles. The maximum Gasteiger partial charge on any atom is 0.133 e. The standard InChI is InChI=1S/C19H23BO2/c1-19-8-7-14-13-6-4-12(22-2)9-11(13)3-5-15(14)16(19)10-17(20)18(19)21/h4,6,9,14-17H,3,5,7-8,10H2,1-2H3/t14?,15?,16?,17?,19-/m0/s1. The molecule has 3 heteroatoms. The minimum atomic E-state index is -0.231. The molecule has 0 amide bonds. The molecule has 5 atom stereocenters. The Morgan fingerprint density at radius 1 is 1.32 bits per heavy atom. The SMILES string of the molecule is [B]C1CC2C3CCc4cc(OC)ccc4C3CC[C@]2(C)C1=O. The van der Waals surface area contributed by atoms with E-state index in [0.717, 1.165) is 31.4 Å². The number of methoxy groups -OCH3 is 1. The number of hydrogen-bond donors (Lipinski definition) is 0. The number of ketones is 1. The van der Waals surface area contributed by atoms with Gasteiger partial charge in [0.15, 0.2) is 0 Å². The van der Waals surface area contributed by atoms with E-state index in [1.165, 1.54) is 17.5 Å². The van der Waals surface area contributed by atoms with Gasteiger partial charge >= 0.3 is 0 Å². The molecule has 0 saturated heterocycles. The third-order valence-electron chi connectivity index (χ3n) is 6.73. The van der Waals surface area contributed by atoms with Gasteiger partial charge in [0.2, 0.25) is 0 Å². The molecule has 3 aliphatic carbocycles. The van der Waals surface area contributed by atoms with Crippen molar-refractivity contribution >= 4 is 13.6 Å². The summed E-state index contributed by atoms with van der Waals surface area (Å²) in [6.07, 6.45) is 5.29. The van der Waals surface area contributed by atoms with E-state index in [9.17, 15) is 4.79 Å². The van der Waals surface area contributed by atoms with Crippen LogP contribution in [-0.4, -0.2) is 20.7 Å². The summed E-state index contributed by atoms with van der Waals surface area (Å²) in [7, 11) is 7.84. The molecule has 2 fully saturated rings. The average molecular weight is 294 g/mol. The lowest BCUT2D eigenvalue weighted by Crippen LogP contribution is -2.42. The van der Waals surface area contributed by atoms with Gasteiger partial charge in [-0.3, -0.25) is 4.79 Å². The highest BCUT2D eigenvalue weighted by molar-refractivity contribution is 6.26. The molecule has 2 saturated carbocycles.